The summed E-state index contributed by atoms with van der Waals surface area (Å²) >= 11 is 5.39. The van der Waals surface area contributed by atoms with Crippen LogP contribution >= 0.6 is 12.2 Å². The maximum atomic E-state index is 11.3. The van der Waals surface area contributed by atoms with Gasteiger partial charge in [0.1, 0.15) is 0 Å². The van der Waals surface area contributed by atoms with E-state index in [1.807, 2.05) is 6.07 Å². The van der Waals surface area contributed by atoms with Gasteiger partial charge in [0.05, 0.1) is 10.9 Å². The predicted octanol–water partition coefficient (Wildman–Crippen LogP) is 2.70. The van der Waals surface area contributed by atoms with Crippen molar-refractivity contribution < 1.29 is 8.42 Å². The Balaban J connectivity index is 1.66. The summed E-state index contributed by atoms with van der Waals surface area (Å²) in [5.74, 6) is 0. The maximum absolute atomic E-state index is 11.3. The van der Waals surface area contributed by atoms with Crippen LogP contribution in [0.15, 0.2) is 53.4 Å². The Morgan fingerprint density at radius 1 is 1.12 bits per heavy atom. The minimum Gasteiger partial charge on any atom is -0.356 e. The second-order valence-corrected chi connectivity index (χ2v) is 7.78. The van der Waals surface area contributed by atoms with E-state index in [1.165, 1.54) is 23.3 Å². The molecule has 4 N–H and O–H groups in total. The van der Waals surface area contributed by atoms with Gasteiger partial charge in [-0.05, 0) is 66.9 Å². The molecule has 3 rings (SSSR count). The van der Waals surface area contributed by atoms with Crippen LogP contribution in [-0.4, -0.2) is 13.5 Å². The number of fused-ring (bicyclic) bond motifs is 1. The number of primary sulfonamides is 1. The Kier molecular flexibility index (Phi) is 4.84. The van der Waals surface area contributed by atoms with E-state index < -0.39 is 10.0 Å². The Morgan fingerprint density at radius 3 is 2.54 bits per heavy atom. The zero-order valence-electron chi connectivity index (χ0n) is 13.0. The maximum Gasteiger partial charge on any atom is 0.238 e. The van der Waals surface area contributed by atoms with Gasteiger partial charge < -0.3 is 10.6 Å². The number of hydrogen-bond donors (Lipinski definition) is 3. The second-order valence-electron chi connectivity index (χ2n) is 5.81. The number of rotatable bonds is 3. The average Bonchev–Trinajstić information content (AvgIpc) is 2.55. The monoisotopic (exact) mass is 361 g/mol. The lowest BCUT2D eigenvalue weighted by atomic mass is 9.88. The van der Waals surface area contributed by atoms with Gasteiger partial charge in [-0.3, -0.25) is 0 Å². The summed E-state index contributed by atoms with van der Waals surface area (Å²) in [4.78, 5) is 0.0770. The molecule has 7 heteroatoms. The molecule has 1 aliphatic carbocycles. The number of sulfonamides is 1. The van der Waals surface area contributed by atoms with Crippen LogP contribution < -0.4 is 15.8 Å². The summed E-state index contributed by atoms with van der Waals surface area (Å²) in [7, 11) is -3.68. The highest BCUT2D eigenvalue weighted by Gasteiger charge is 2.20. The summed E-state index contributed by atoms with van der Waals surface area (Å²) in [6, 6.07) is 14.8. The highest BCUT2D eigenvalue weighted by Crippen LogP contribution is 2.29. The van der Waals surface area contributed by atoms with E-state index >= 15 is 0 Å². The highest BCUT2D eigenvalue weighted by molar-refractivity contribution is 7.89. The minimum absolute atomic E-state index is 0.0770. The molecule has 0 saturated heterocycles. The number of hydrogen-bond acceptors (Lipinski definition) is 3. The van der Waals surface area contributed by atoms with Crippen molar-refractivity contribution in [1.82, 2.24) is 5.32 Å². The van der Waals surface area contributed by atoms with Gasteiger partial charge in [0.25, 0.3) is 0 Å². The van der Waals surface area contributed by atoms with E-state index in [0.29, 0.717) is 10.8 Å². The third-order valence-electron chi connectivity index (χ3n) is 4.12. The van der Waals surface area contributed by atoms with E-state index in [9.17, 15) is 8.42 Å². The molecular formula is C17H19N3O2S2. The first kappa shape index (κ1) is 16.9. The van der Waals surface area contributed by atoms with Gasteiger partial charge in [-0.25, -0.2) is 13.6 Å². The van der Waals surface area contributed by atoms with Gasteiger partial charge in [0.2, 0.25) is 10.0 Å². The molecule has 2 aromatic carbocycles. The molecular weight excluding hydrogens is 342 g/mol. The fraction of sp³-hybridized carbons (Fsp3) is 0.235. The summed E-state index contributed by atoms with van der Waals surface area (Å²) in [5, 5.41) is 12.0. The van der Waals surface area contributed by atoms with E-state index in [0.717, 1.165) is 19.3 Å². The molecule has 0 unspecified atom stereocenters. The third kappa shape index (κ3) is 3.92. The van der Waals surface area contributed by atoms with Crippen LogP contribution in [0.1, 0.15) is 30.0 Å². The highest BCUT2D eigenvalue weighted by atomic mass is 32.2. The SMILES string of the molecule is NS(=O)(=O)c1ccc(NC(=S)N[C@@H]2CCCc3ccccc32)cc1. The molecule has 0 bridgehead atoms. The summed E-state index contributed by atoms with van der Waals surface area (Å²) in [6.45, 7) is 0. The summed E-state index contributed by atoms with van der Waals surface area (Å²) in [6.07, 6.45) is 3.26. The van der Waals surface area contributed by atoms with Gasteiger partial charge in [0.15, 0.2) is 5.11 Å². The fourth-order valence-electron chi connectivity index (χ4n) is 2.96. The van der Waals surface area contributed by atoms with Crippen molar-refractivity contribution in [2.24, 2.45) is 5.14 Å². The van der Waals surface area contributed by atoms with Gasteiger partial charge in [0, 0.05) is 5.69 Å². The standard InChI is InChI=1S/C17H19N3O2S2/c18-24(21,22)14-10-8-13(9-11-14)19-17(23)20-16-7-3-5-12-4-1-2-6-15(12)16/h1-2,4,6,8-11,16H,3,5,7H2,(H2,18,21,22)(H2,19,20,23)/t16-/m1/s1. The zero-order chi connectivity index (χ0) is 17.2. The van der Waals surface area contributed by atoms with Gasteiger partial charge in [-0.1, -0.05) is 24.3 Å². The minimum atomic E-state index is -3.68. The Hall–Kier alpha value is -1.96. The number of anilines is 1. The quantitative estimate of drug-likeness (QED) is 0.732. The van der Waals surface area contributed by atoms with E-state index in [-0.39, 0.29) is 10.9 Å². The number of aryl methyl sites for hydroxylation is 1. The number of thiocarbonyl (C=S) groups is 1. The van der Waals surface area contributed by atoms with Crippen molar-refractivity contribution in [3.8, 4) is 0 Å². The molecule has 1 aliphatic rings. The molecule has 0 aliphatic heterocycles. The molecule has 24 heavy (non-hydrogen) atoms. The van der Waals surface area contributed by atoms with Crippen LogP contribution in [0.3, 0.4) is 0 Å². The summed E-state index contributed by atoms with van der Waals surface area (Å²) < 4.78 is 22.5. The molecule has 0 saturated carbocycles. The Labute approximate surface area is 147 Å². The van der Waals surface area contributed by atoms with Gasteiger partial charge in [-0.2, -0.15) is 0 Å². The molecule has 126 valence electrons. The topological polar surface area (TPSA) is 84.2 Å². The normalized spacial score (nSPS) is 17.0. The average molecular weight is 361 g/mol. The van der Waals surface area contributed by atoms with Crippen molar-refractivity contribution >= 4 is 33.0 Å². The Morgan fingerprint density at radius 2 is 1.83 bits per heavy atom. The van der Waals surface area contributed by atoms with Crippen molar-refractivity contribution in [1.29, 1.82) is 0 Å². The first-order valence-electron chi connectivity index (χ1n) is 7.72. The van der Waals surface area contributed by atoms with Crippen LogP contribution in [0.2, 0.25) is 0 Å². The number of benzene rings is 2. The lowest BCUT2D eigenvalue weighted by Gasteiger charge is -2.27. The molecule has 5 nitrogen and oxygen atoms in total. The lowest BCUT2D eigenvalue weighted by molar-refractivity contribution is 0.529. The molecule has 0 radical (unpaired) electrons. The third-order valence-corrected chi connectivity index (χ3v) is 5.26. The van der Waals surface area contributed by atoms with Crippen LogP contribution in [0.25, 0.3) is 0 Å². The number of nitrogens with two attached hydrogens (primary N) is 1. The first-order valence-corrected chi connectivity index (χ1v) is 9.67. The van der Waals surface area contributed by atoms with Crippen molar-refractivity contribution in [2.75, 3.05) is 5.32 Å². The molecule has 1 atom stereocenters. The molecule has 0 fully saturated rings. The molecule has 0 amide bonds. The van der Waals surface area contributed by atoms with Crippen LogP contribution in [0, 0.1) is 0 Å². The molecule has 2 aromatic rings. The van der Waals surface area contributed by atoms with Gasteiger partial charge >= 0.3 is 0 Å². The lowest BCUT2D eigenvalue weighted by Crippen LogP contribution is -2.34. The smallest absolute Gasteiger partial charge is 0.238 e. The van der Waals surface area contributed by atoms with Crippen molar-refractivity contribution in [3.05, 3.63) is 59.7 Å². The second kappa shape index (κ2) is 6.88. The Bertz CT molecular complexity index is 848. The molecule has 0 aromatic heterocycles. The zero-order valence-corrected chi connectivity index (χ0v) is 14.7. The van der Waals surface area contributed by atoms with E-state index in [2.05, 4.69) is 28.8 Å². The number of nitrogens with one attached hydrogen (secondary N) is 2. The van der Waals surface area contributed by atoms with Crippen molar-refractivity contribution in [2.45, 2.75) is 30.2 Å². The van der Waals surface area contributed by atoms with Gasteiger partial charge in [-0.15, -0.1) is 0 Å². The first-order chi connectivity index (χ1) is 11.4. The predicted molar refractivity (Wildman–Crippen MR) is 99.3 cm³/mol. The largest absolute Gasteiger partial charge is 0.356 e. The van der Waals surface area contributed by atoms with E-state index in [1.54, 1.807) is 12.1 Å². The molecule has 0 heterocycles. The van der Waals surface area contributed by atoms with E-state index in [4.69, 9.17) is 17.4 Å². The van der Waals surface area contributed by atoms with Crippen LogP contribution in [-0.2, 0) is 16.4 Å². The van der Waals surface area contributed by atoms with Crippen molar-refractivity contribution in [3.63, 3.8) is 0 Å². The molecule has 0 spiro atoms. The van der Waals surface area contributed by atoms with Crippen LogP contribution in [0.4, 0.5) is 5.69 Å². The summed E-state index contributed by atoms with van der Waals surface area (Å²) in [5.41, 5.74) is 3.36. The van der Waals surface area contributed by atoms with Crippen LogP contribution in [0.5, 0.6) is 0 Å². The fourth-order valence-corrected chi connectivity index (χ4v) is 3.73.